The summed E-state index contributed by atoms with van der Waals surface area (Å²) in [6.07, 6.45) is 0.546. The van der Waals surface area contributed by atoms with E-state index >= 15 is 0 Å². The monoisotopic (exact) mass is 391 g/mol. The van der Waals surface area contributed by atoms with E-state index in [9.17, 15) is 9.90 Å². The molecule has 0 fully saturated rings. The molecule has 0 aliphatic heterocycles. The summed E-state index contributed by atoms with van der Waals surface area (Å²) in [6.45, 7) is 0. The van der Waals surface area contributed by atoms with E-state index in [0.29, 0.717) is 12.2 Å². The van der Waals surface area contributed by atoms with Crippen LogP contribution in [0.3, 0.4) is 0 Å². The summed E-state index contributed by atoms with van der Waals surface area (Å²) in [5, 5.41) is 12.3. The largest absolute Gasteiger partial charge is 0.480 e. The van der Waals surface area contributed by atoms with Crippen LogP contribution in [0.1, 0.15) is 23.1 Å². The van der Waals surface area contributed by atoms with E-state index in [1.807, 2.05) is 18.2 Å². The molecule has 0 aliphatic rings. The quantitative estimate of drug-likeness (QED) is 0.516. The molecule has 3 aromatic rings. The first-order chi connectivity index (χ1) is 13.7. The van der Waals surface area contributed by atoms with E-state index in [2.05, 4.69) is 78.1 Å². The molecule has 3 rings (SSSR count). The van der Waals surface area contributed by atoms with Gasteiger partial charge >= 0.3 is 5.97 Å². The number of hydrogen-bond donors (Lipinski definition) is 2. The standard InChI is InChI=1S/C24H25NO2S/c1-25-22(23(26)27)17-18-28-24(19-11-5-2-6-12-19,20-13-7-3-8-14-20)21-15-9-4-10-16-21/h2-16,22,25H,17-18H2,1H3,(H,26,27)/t22-/m0/s1. The smallest absolute Gasteiger partial charge is 0.320 e. The van der Waals surface area contributed by atoms with E-state index in [-0.39, 0.29) is 0 Å². The number of aliphatic carboxylic acids is 1. The van der Waals surface area contributed by atoms with Gasteiger partial charge < -0.3 is 10.4 Å². The SMILES string of the molecule is CN[C@@H](CCSC(c1ccccc1)(c1ccccc1)c1ccccc1)C(=O)O. The van der Waals surface area contributed by atoms with Gasteiger partial charge in [0.1, 0.15) is 6.04 Å². The Bertz CT molecular complexity index is 772. The molecule has 3 aromatic carbocycles. The Kier molecular flexibility index (Phi) is 6.90. The lowest BCUT2D eigenvalue weighted by atomic mass is 9.84. The minimum atomic E-state index is -0.812. The third-order valence-corrected chi connectivity index (χ3v) is 6.49. The van der Waals surface area contributed by atoms with E-state index in [0.717, 1.165) is 0 Å². The second kappa shape index (κ2) is 9.58. The molecule has 0 aliphatic carbocycles. The van der Waals surface area contributed by atoms with Gasteiger partial charge in [-0.15, -0.1) is 11.8 Å². The fraction of sp³-hybridized carbons (Fsp3) is 0.208. The molecule has 0 spiro atoms. The Balaban J connectivity index is 2.07. The van der Waals surface area contributed by atoms with E-state index in [1.165, 1.54) is 16.7 Å². The number of thioether (sulfide) groups is 1. The molecule has 1 atom stereocenters. The third kappa shape index (κ3) is 4.29. The number of benzene rings is 3. The molecular weight excluding hydrogens is 366 g/mol. The molecule has 0 bridgehead atoms. The molecule has 0 saturated carbocycles. The molecule has 2 N–H and O–H groups in total. The second-order valence-corrected chi connectivity index (χ2v) is 7.91. The molecular formula is C24H25NO2S. The van der Waals surface area contributed by atoms with Gasteiger partial charge in [-0.25, -0.2) is 0 Å². The van der Waals surface area contributed by atoms with E-state index in [1.54, 1.807) is 18.8 Å². The van der Waals surface area contributed by atoms with Gasteiger partial charge in [-0.05, 0) is 35.9 Å². The predicted molar refractivity (Wildman–Crippen MR) is 117 cm³/mol. The van der Waals surface area contributed by atoms with Gasteiger partial charge in [-0.1, -0.05) is 91.0 Å². The number of likely N-dealkylation sites (N-methyl/N-ethyl adjacent to an activating group) is 1. The Morgan fingerprint density at radius 3 is 1.57 bits per heavy atom. The van der Waals surface area contributed by atoms with Gasteiger partial charge in [-0.3, -0.25) is 4.79 Å². The molecule has 0 unspecified atom stereocenters. The number of nitrogens with one attached hydrogen (secondary N) is 1. The molecule has 3 nitrogen and oxygen atoms in total. The van der Waals surface area contributed by atoms with Crippen LogP contribution >= 0.6 is 11.8 Å². The van der Waals surface area contributed by atoms with Gasteiger partial charge in [0.25, 0.3) is 0 Å². The van der Waals surface area contributed by atoms with Crippen molar-refractivity contribution in [2.24, 2.45) is 0 Å². The van der Waals surface area contributed by atoms with Crippen molar-refractivity contribution < 1.29 is 9.90 Å². The zero-order valence-corrected chi connectivity index (χ0v) is 16.7. The van der Waals surface area contributed by atoms with Gasteiger partial charge in [0.2, 0.25) is 0 Å². The van der Waals surface area contributed by atoms with Crippen LogP contribution in [0, 0.1) is 0 Å². The third-order valence-electron chi connectivity index (χ3n) is 4.91. The van der Waals surface area contributed by atoms with Crippen LogP contribution in [0.15, 0.2) is 91.0 Å². The zero-order chi connectivity index (χ0) is 19.8. The van der Waals surface area contributed by atoms with Crippen LogP contribution < -0.4 is 5.32 Å². The van der Waals surface area contributed by atoms with Crippen LogP contribution in [0.25, 0.3) is 0 Å². The molecule has 0 heterocycles. The fourth-order valence-electron chi connectivity index (χ4n) is 3.49. The highest BCUT2D eigenvalue weighted by Gasteiger charge is 2.37. The Labute approximate surface area is 170 Å². The first kappa shape index (κ1) is 20.2. The molecule has 0 aromatic heterocycles. The first-order valence-corrected chi connectivity index (χ1v) is 10.4. The van der Waals surface area contributed by atoms with Gasteiger partial charge in [0, 0.05) is 0 Å². The van der Waals surface area contributed by atoms with Crippen molar-refractivity contribution in [2.75, 3.05) is 12.8 Å². The van der Waals surface area contributed by atoms with Crippen LogP contribution in [0.2, 0.25) is 0 Å². The van der Waals surface area contributed by atoms with Crippen LogP contribution in [-0.4, -0.2) is 29.9 Å². The highest BCUT2D eigenvalue weighted by molar-refractivity contribution is 8.00. The van der Waals surface area contributed by atoms with Crippen LogP contribution in [0.5, 0.6) is 0 Å². The average molecular weight is 392 g/mol. The number of rotatable bonds is 9. The summed E-state index contributed by atoms with van der Waals surface area (Å²) in [7, 11) is 1.70. The van der Waals surface area contributed by atoms with E-state index in [4.69, 9.17) is 0 Å². The van der Waals surface area contributed by atoms with Gasteiger partial charge in [0.15, 0.2) is 0 Å². The molecule has 0 saturated heterocycles. The summed E-state index contributed by atoms with van der Waals surface area (Å²) in [6, 6.07) is 30.8. The molecule has 0 radical (unpaired) electrons. The maximum absolute atomic E-state index is 11.4. The average Bonchev–Trinajstić information content (AvgIpc) is 2.76. The van der Waals surface area contributed by atoms with Crippen molar-refractivity contribution in [3.63, 3.8) is 0 Å². The molecule has 144 valence electrons. The highest BCUT2D eigenvalue weighted by atomic mass is 32.2. The predicted octanol–water partition coefficient (Wildman–Crippen LogP) is 4.77. The van der Waals surface area contributed by atoms with Crippen LogP contribution in [0.4, 0.5) is 0 Å². The number of carboxylic acid groups (broad SMARTS) is 1. The zero-order valence-electron chi connectivity index (χ0n) is 15.9. The minimum Gasteiger partial charge on any atom is -0.480 e. The number of hydrogen-bond acceptors (Lipinski definition) is 3. The maximum Gasteiger partial charge on any atom is 0.320 e. The van der Waals surface area contributed by atoms with Gasteiger partial charge in [0.05, 0.1) is 4.75 Å². The Morgan fingerprint density at radius 1 is 0.857 bits per heavy atom. The van der Waals surface area contributed by atoms with Crippen molar-refractivity contribution in [2.45, 2.75) is 17.2 Å². The minimum absolute atomic E-state index is 0.402. The van der Waals surface area contributed by atoms with E-state index < -0.39 is 16.8 Å². The molecule has 4 heteroatoms. The first-order valence-electron chi connectivity index (χ1n) is 9.39. The summed E-state index contributed by atoms with van der Waals surface area (Å²) >= 11 is 1.79. The topological polar surface area (TPSA) is 49.3 Å². The summed E-state index contributed by atoms with van der Waals surface area (Å²) < 4.78 is -0.402. The molecule has 0 amide bonds. The van der Waals surface area contributed by atoms with Crippen molar-refractivity contribution in [1.29, 1.82) is 0 Å². The second-order valence-electron chi connectivity index (χ2n) is 6.60. The Morgan fingerprint density at radius 2 is 1.25 bits per heavy atom. The lowest BCUT2D eigenvalue weighted by molar-refractivity contribution is -0.139. The van der Waals surface area contributed by atoms with Crippen molar-refractivity contribution >= 4 is 17.7 Å². The van der Waals surface area contributed by atoms with Crippen molar-refractivity contribution in [3.05, 3.63) is 108 Å². The summed E-state index contributed by atoms with van der Waals surface area (Å²) in [4.78, 5) is 11.4. The number of carboxylic acids is 1. The van der Waals surface area contributed by atoms with Crippen molar-refractivity contribution in [1.82, 2.24) is 5.32 Å². The Hall–Kier alpha value is -2.56. The van der Waals surface area contributed by atoms with Crippen LogP contribution in [-0.2, 0) is 9.54 Å². The lowest BCUT2D eigenvalue weighted by Gasteiger charge is -2.35. The fourth-order valence-corrected chi connectivity index (χ4v) is 5.06. The number of carbonyl (C=O) groups is 1. The summed E-state index contributed by atoms with van der Waals surface area (Å²) in [5.41, 5.74) is 3.57. The summed E-state index contributed by atoms with van der Waals surface area (Å²) in [5.74, 6) is -0.107. The highest BCUT2D eigenvalue weighted by Crippen LogP contribution is 2.48. The molecule has 28 heavy (non-hydrogen) atoms. The normalized spacial score (nSPS) is 12.5. The maximum atomic E-state index is 11.4. The van der Waals surface area contributed by atoms with Gasteiger partial charge in [-0.2, -0.15) is 0 Å². The lowest BCUT2D eigenvalue weighted by Crippen LogP contribution is -2.35. The van der Waals surface area contributed by atoms with Crippen molar-refractivity contribution in [3.8, 4) is 0 Å².